The highest BCUT2D eigenvalue weighted by Crippen LogP contribution is 2.24. The topological polar surface area (TPSA) is 49.8 Å². The van der Waals surface area contributed by atoms with E-state index in [2.05, 4.69) is 0 Å². The van der Waals surface area contributed by atoms with Crippen LogP contribution in [0, 0.1) is 0 Å². The molecular weight excluding hydrogens is 206 g/mol. The summed E-state index contributed by atoms with van der Waals surface area (Å²) in [4.78, 5) is 13.1. The first kappa shape index (κ1) is 11.0. The number of aliphatic hydroxyl groups excluding tert-OH is 1. The van der Waals surface area contributed by atoms with Gasteiger partial charge in [0.05, 0.1) is 13.2 Å². The van der Waals surface area contributed by atoms with Gasteiger partial charge in [-0.05, 0) is 17.7 Å². The summed E-state index contributed by atoms with van der Waals surface area (Å²) < 4.78 is 5.55. The van der Waals surface area contributed by atoms with Crippen molar-refractivity contribution < 1.29 is 14.6 Å². The van der Waals surface area contributed by atoms with Gasteiger partial charge in [0, 0.05) is 19.0 Å². The van der Waals surface area contributed by atoms with Gasteiger partial charge in [-0.3, -0.25) is 4.79 Å². The third-order valence-electron chi connectivity index (χ3n) is 2.73. The van der Waals surface area contributed by atoms with E-state index in [-0.39, 0.29) is 12.5 Å². The van der Waals surface area contributed by atoms with Gasteiger partial charge in [-0.1, -0.05) is 6.07 Å². The molecule has 1 amide bonds. The second-order valence-corrected chi connectivity index (χ2v) is 3.89. The molecule has 4 heteroatoms. The molecule has 0 bridgehead atoms. The Labute approximate surface area is 94.4 Å². The Morgan fingerprint density at radius 2 is 2.38 bits per heavy atom. The van der Waals surface area contributed by atoms with Crippen LogP contribution in [0.25, 0.3) is 0 Å². The Balaban J connectivity index is 2.30. The highest BCUT2D eigenvalue weighted by Gasteiger charge is 2.17. The number of ether oxygens (including phenoxy) is 1. The first-order chi connectivity index (χ1) is 7.70. The van der Waals surface area contributed by atoms with E-state index in [9.17, 15) is 4.79 Å². The lowest BCUT2D eigenvalue weighted by molar-refractivity contribution is -0.129. The number of benzene rings is 1. The van der Waals surface area contributed by atoms with Gasteiger partial charge in [0.25, 0.3) is 0 Å². The smallest absolute Gasteiger partial charge is 0.219 e. The monoisotopic (exact) mass is 221 g/mol. The van der Waals surface area contributed by atoms with Crippen molar-refractivity contribution in [3.05, 3.63) is 29.3 Å². The third kappa shape index (κ3) is 2.17. The number of nitrogens with zero attached hydrogens (tertiary/aromatic N) is 1. The number of amides is 1. The van der Waals surface area contributed by atoms with Gasteiger partial charge in [0.15, 0.2) is 0 Å². The average Bonchev–Trinajstić information content (AvgIpc) is 2.49. The van der Waals surface area contributed by atoms with Gasteiger partial charge in [0.2, 0.25) is 5.91 Å². The molecule has 1 aromatic rings. The molecule has 86 valence electrons. The molecule has 0 saturated heterocycles. The van der Waals surface area contributed by atoms with Crippen LogP contribution >= 0.6 is 0 Å². The van der Waals surface area contributed by atoms with E-state index in [0.29, 0.717) is 19.7 Å². The quantitative estimate of drug-likeness (QED) is 0.767. The molecule has 0 fully saturated rings. The van der Waals surface area contributed by atoms with Gasteiger partial charge in [-0.2, -0.15) is 0 Å². The normalized spacial score (nSPS) is 15.0. The predicted octanol–water partition coefficient (Wildman–Crippen LogP) is 0.920. The van der Waals surface area contributed by atoms with Gasteiger partial charge in [-0.25, -0.2) is 0 Å². The molecule has 0 saturated carbocycles. The molecule has 0 radical (unpaired) electrons. The molecule has 16 heavy (non-hydrogen) atoms. The number of fused-ring (bicyclic) bond motifs is 1. The maximum absolute atomic E-state index is 11.3. The second kappa shape index (κ2) is 4.53. The standard InChI is InChI=1S/C12H15NO3/c1-9(15)13-4-5-16-12-3-2-10(8-14)6-11(12)7-13/h2-3,6,14H,4-5,7-8H2,1H3. The molecule has 1 aliphatic rings. The first-order valence-corrected chi connectivity index (χ1v) is 5.31. The first-order valence-electron chi connectivity index (χ1n) is 5.31. The lowest BCUT2D eigenvalue weighted by Crippen LogP contribution is -2.30. The predicted molar refractivity (Wildman–Crippen MR) is 59.0 cm³/mol. The molecule has 1 aliphatic heterocycles. The summed E-state index contributed by atoms with van der Waals surface area (Å²) in [6.45, 7) is 3.25. The van der Waals surface area contributed by atoms with E-state index in [1.165, 1.54) is 0 Å². The minimum absolute atomic E-state index is 0.00729. The Morgan fingerprint density at radius 3 is 3.06 bits per heavy atom. The number of hydrogen-bond donors (Lipinski definition) is 1. The molecule has 2 rings (SSSR count). The Kier molecular flexibility index (Phi) is 3.10. The van der Waals surface area contributed by atoms with Crippen molar-refractivity contribution in [3.8, 4) is 5.75 Å². The highest BCUT2D eigenvalue weighted by atomic mass is 16.5. The van der Waals surface area contributed by atoms with Gasteiger partial charge in [-0.15, -0.1) is 0 Å². The van der Waals surface area contributed by atoms with Gasteiger partial charge in [0.1, 0.15) is 12.4 Å². The fourth-order valence-corrected chi connectivity index (χ4v) is 1.81. The fourth-order valence-electron chi connectivity index (χ4n) is 1.81. The number of hydrogen-bond acceptors (Lipinski definition) is 3. The Bertz CT molecular complexity index is 403. The van der Waals surface area contributed by atoms with Crippen LogP contribution < -0.4 is 4.74 Å². The number of carbonyl (C=O) groups excluding carboxylic acids is 1. The van der Waals surface area contributed by atoms with Crippen LogP contribution in [-0.4, -0.2) is 29.1 Å². The van der Waals surface area contributed by atoms with Crippen LogP contribution in [0.3, 0.4) is 0 Å². The summed E-state index contributed by atoms with van der Waals surface area (Å²) in [5, 5.41) is 9.06. The van der Waals surface area contributed by atoms with Crippen LogP contribution in [0.1, 0.15) is 18.1 Å². The van der Waals surface area contributed by atoms with Gasteiger partial charge >= 0.3 is 0 Å². The highest BCUT2D eigenvalue weighted by molar-refractivity contribution is 5.73. The van der Waals surface area contributed by atoms with E-state index in [4.69, 9.17) is 9.84 Å². The van der Waals surface area contributed by atoms with Crippen LogP contribution in [0.4, 0.5) is 0 Å². The van der Waals surface area contributed by atoms with Crippen molar-refractivity contribution >= 4 is 5.91 Å². The zero-order chi connectivity index (χ0) is 11.5. The second-order valence-electron chi connectivity index (χ2n) is 3.89. The number of carbonyl (C=O) groups is 1. The van der Waals surface area contributed by atoms with Crippen LogP contribution in [-0.2, 0) is 17.9 Å². The van der Waals surface area contributed by atoms with Gasteiger partial charge < -0.3 is 14.7 Å². The molecule has 1 heterocycles. The molecular formula is C12H15NO3. The third-order valence-corrected chi connectivity index (χ3v) is 2.73. The maximum atomic E-state index is 11.3. The molecule has 1 N–H and O–H groups in total. The molecule has 0 atom stereocenters. The summed E-state index contributed by atoms with van der Waals surface area (Å²) in [5.41, 5.74) is 1.80. The van der Waals surface area contributed by atoms with E-state index >= 15 is 0 Å². The zero-order valence-corrected chi connectivity index (χ0v) is 9.27. The minimum Gasteiger partial charge on any atom is -0.491 e. The molecule has 0 unspecified atom stereocenters. The van der Waals surface area contributed by atoms with Crippen LogP contribution in [0.5, 0.6) is 5.75 Å². The summed E-state index contributed by atoms with van der Waals surface area (Å²) in [6.07, 6.45) is 0. The van der Waals surface area contributed by atoms with Crippen molar-refractivity contribution in [2.45, 2.75) is 20.1 Å². The van der Waals surface area contributed by atoms with Crippen LogP contribution in [0.2, 0.25) is 0 Å². The summed E-state index contributed by atoms with van der Waals surface area (Å²) in [6, 6.07) is 5.57. The van der Waals surface area contributed by atoms with Crippen molar-refractivity contribution in [1.82, 2.24) is 4.90 Å². The zero-order valence-electron chi connectivity index (χ0n) is 9.27. The van der Waals surface area contributed by atoms with Crippen molar-refractivity contribution in [2.24, 2.45) is 0 Å². The molecule has 0 spiro atoms. The van der Waals surface area contributed by atoms with E-state index < -0.39 is 0 Å². The molecule has 0 aromatic heterocycles. The summed E-state index contributed by atoms with van der Waals surface area (Å²) >= 11 is 0. The summed E-state index contributed by atoms with van der Waals surface area (Å²) in [5.74, 6) is 0.854. The lowest BCUT2D eigenvalue weighted by atomic mass is 10.1. The Morgan fingerprint density at radius 1 is 1.56 bits per heavy atom. The van der Waals surface area contributed by atoms with E-state index in [0.717, 1.165) is 16.9 Å². The molecule has 1 aromatic carbocycles. The van der Waals surface area contributed by atoms with Crippen molar-refractivity contribution in [1.29, 1.82) is 0 Å². The Hall–Kier alpha value is -1.55. The molecule has 4 nitrogen and oxygen atoms in total. The fraction of sp³-hybridized carbons (Fsp3) is 0.417. The van der Waals surface area contributed by atoms with Crippen molar-refractivity contribution in [3.63, 3.8) is 0 Å². The largest absolute Gasteiger partial charge is 0.491 e. The number of aliphatic hydroxyl groups is 1. The van der Waals surface area contributed by atoms with E-state index in [1.54, 1.807) is 11.8 Å². The van der Waals surface area contributed by atoms with Crippen LogP contribution in [0.15, 0.2) is 18.2 Å². The number of rotatable bonds is 1. The minimum atomic E-state index is 0.00729. The lowest BCUT2D eigenvalue weighted by Gasteiger charge is -2.17. The van der Waals surface area contributed by atoms with E-state index in [1.807, 2.05) is 18.2 Å². The van der Waals surface area contributed by atoms with Crippen molar-refractivity contribution in [2.75, 3.05) is 13.2 Å². The summed E-state index contributed by atoms with van der Waals surface area (Å²) in [7, 11) is 0. The molecule has 0 aliphatic carbocycles. The SMILES string of the molecule is CC(=O)N1CCOc2ccc(CO)cc2C1. The maximum Gasteiger partial charge on any atom is 0.219 e. The average molecular weight is 221 g/mol.